The van der Waals surface area contributed by atoms with E-state index in [0.29, 0.717) is 9.87 Å². The Balaban J connectivity index is 2.77. The predicted molar refractivity (Wildman–Crippen MR) is 58.3 cm³/mol. The summed E-state index contributed by atoms with van der Waals surface area (Å²) in [6, 6.07) is 4.16. The van der Waals surface area contributed by atoms with Crippen LogP contribution in [0.15, 0.2) is 23.1 Å². The molecule has 0 unspecified atom stereocenters. The second kappa shape index (κ2) is 3.46. The van der Waals surface area contributed by atoms with Gasteiger partial charge in [0.1, 0.15) is 4.90 Å². The first kappa shape index (κ1) is 10.9. The summed E-state index contributed by atoms with van der Waals surface area (Å²) < 4.78 is 24.7. The van der Waals surface area contributed by atoms with Crippen LogP contribution in [-0.4, -0.2) is 25.8 Å². The largest absolute Gasteiger partial charge is 0.335 e. The molecule has 16 heavy (non-hydrogen) atoms. The second-order valence-corrected chi connectivity index (χ2v) is 5.31. The number of rotatable bonds is 1. The first-order valence-electron chi connectivity index (χ1n) is 4.60. The minimum absolute atomic E-state index is 0.0830. The Morgan fingerprint density at radius 2 is 2.12 bits per heavy atom. The molecule has 0 spiro atoms. The molecule has 86 valence electrons. The van der Waals surface area contributed by atoms with Crippen molar-refractivity contribution in [3.05, 3.63) is 23.8 Å². The van der Waals surface area contributed by atoms with Crippen LogP contribution < -0.4 is 11.1 Å². The molecule has 0 aromatic heterocycles. The van der Waals surface area contributed by atoms with Crippen LogP contribution in [-0.2, 0) is 16.6 Å². The van der Waals surface area contributed by atoms with Crippen LogP contribution in [0.2, 0.25) is 0 Å². The van der Waals surface area contributed by atoms with Crippen LogP contribution in [0.4, 0.5) is 10.5 Å². The van der Waals surface area contributed by atoms with E-state index in [1.807, 2.05) is 0 Å². The lowest BCUT2D eigenvalue weighted by atomic mass is 10.2. The van der Waals surface area contributed by atoms with Crippen molar-refractivity contribution in [3.8, 4) is 0 Å². The third-order valence-electron chi connectivity index (χ3n) is 2.46. The highest BCUT2D eigenvalue weighted by Crippen LogP contribution is 2.31. The lowest BCUT2D eigenvalue weighted by Crippen LogP contribution is -2.41. The van der Waals surface area contributed by atoms with E-state index in [9.17, 15) is 13.2 Å². The van der Waals surface area contributed by atoms with Crippen LogP contribution >= 0.6 is 0 Å². The summed E-state index contributed by atoms with van der Waals surface area (Å²) >= 11 is 0. The summed E-state index contributed by atoms with van der Waals surface area (Å²) in [5.74, 6) is 0. The van der Waals surface area contributed by atoms with Crippen LogP contribution in [0.25, 0.3) is 0 Å². The van der Waals surface area contributed by atoms with E-state index in [-0.39, 0.29) is 17.1 Å². The molecule has 0 bridgehead atoms. The molecule has 3 N–H and O–H groups in total. The number of carbonyl (C=O) groups excluding carboxylic acids is 1. The van der Waals surface area contributed by atoms with Crippen LogP contribution in [0.1, 0.15) is 5.56 Å². The Bertz CT molecular complexity index is 553. The van der Waals surface area contributed by atoms with Crippen LogP contribution in [0.3, 0.4) is 0 Å². The highest BCUT2D eigenvalue weighted by atomic mass is 32.2. The minimum atomic E-state index is -3.77. The zero-order chi connectivity index (χ0) is 11.9. The van der Waals surface area contributed by atoms with Gasteiger partial charge in [-0.05, 0) is 11.6 Å². The Labute approximate surface area is 93.1 Å². The number of urea groups is 1. The van der Waals surface area contributed by atoms with E-state index in [1.54, 1.807) is 12.1 Å². The van der Waals surface area contributed by atoms with Crippen molar-refractivity contribution in [1.29, 1.82) is 0 Å². The number of carbonyl (C=O) groups is 1. The van der Waals surface area contributed by atoms with Crippen molar-refractivity contribution in [3.63, 3.8) is 0 Å². The predicted octanol–water partition coefficient (Wildman–Crippen LogP) is 0.311. The average molecular weight is 241 g/mol. The molecule has 2 amide bonds. The number of fused-ring (bicyclic) bond motifs is 1. The van der Waals surface area contributed by atoms with Crippen molar-refractivity contribution in [1.82, 2.24) is 4.31 Å². The van der Waals surface area contributed by atoms with E-state index in [0.717, 1.165) is 0 Å². The lowest BCUT2D eigenvalue weighted by molar-refractivity contribution is 0.240. The molecule has 1 aliphatic heterocycles. The molecule has 0 radical (unpaired) electrons. The molecule has 1 aromatic carbocycles. The zero-order valence-corrected chi connectivity index (χ0v) is 9.41. The number of nitrogens with one attached hydrogen (secondary N) is 1. The molecular formula is C9H11N3O3S. The number of benzene rings is 1. The maximum atomic E-state index is 12.0. The van der Waals surface area contributed by atoms with Gasteiger partial charge in [-0.1, -0.05) is 12.1 Å². The van der Waals surface area contributed by atoms with Crippen LogP contribution in [0, 0.1) is 0 Å². The third-order valence-corrected chi connectivity index (χ3v) is 4.35. The minimum Gasteiger partial charge on any atom is -0.326 e. The number of hydrogen-bond acceptors (Lipinski definition) is 4. The van der Waals surface area contributed by atoms with Gasteiger partial charge in [-0.2, -0.15) is 0 Å². The molecule has 1 heterocycles. The zero-order valence-electron chi connectivity index (χ0n) is 8.60. The number of hydrogen-bond donors (Lipinski definition) is 2. The SMILES string of the molecule is CN1C(=O)Nc2cccc(CN)c2S1(=O)=O. The third kappa shape index (κ3) is 1.36. The van der Waals surface area contributed by atoms with E-state index in [4.69, 9.17) is 5.73 Å². The smallest absolute Gasteiger partial charge is 0.326 e. The monoisotopic (exact) mass is 241 g/mol. The molecular weight excluding hydrogens is 230 g/mol. The van der Waals surface area contributed by atoms with Crippen molar-refractivity contribution in [2.45, 2.75) is 11.4 Å². The average Bonchev–Trinajstić information content (AvgIpc) is 2.25. The van der Waals surface area contributed by atoms with Gasteiger partial charge < -0.3 is 11.1 Å². The molecule has 6 nitrogen and oxygen atoms in total. The van der Waals surface area contributed by atoms with Gasteiger partial charge in [0.05, 0.1) is 5.69 Å². The maximum Gasteiger partial charge on any atom is 0.335 e. The number of nitrogens with two attached hydrogens (primary N) is 1. The first-order chi connectivity index (χ1) is 7.48. The summed E-state index contributed by atoms with van der Waals surface area (Å²) in [7, 11) is -2.56. The summed E-state index contributed by atoms with van der Waals surface area (Å²) in [4.78, 5) is 11.5. The van der Waals surface area contributed by atoms with Gasteiger partial charge in [0.15, 0.2) is 0 Å². The van der Waals surface area contributed by atoms with Gasteiger partial charge in [0.25, 0.3) is 10.0 Å². The Morgan fingerprint density at radius 1 is 1.44 bits per heavy atom. The normalized spacial score (nSPS) is 17.9. The summed E-state index contributed by atoms with van der Waals surface area (Å²) in [5.41, 5.74) is 6.25. The molecule has 0 saturated heterocycles. The summed E-state index contributed by atoms with van der Waals surface area (Å²) in [6.07, 6.45) is 0. The lowest BCUT2D eigenvalue weighted by Gasteiger charge is -2.26. The first-order valence-corrected chi connectivity index (χ1v) is 6.04. The quantitative estimate of drug-likeness (QED) is 0.740. The number of anilines is 1. The maximum absolute atomic E-state index is 12.0. The fourth-order valence-electron chi connectivity index (χ4n) is 1.59. The van der Waals surface area contributed by atoms with E-state index in [2.05, 4.69) is 5.32 Å². The van der Waals surface area contributed by atoms with Crippen molar-refractivity contribution in [2.24, 2.45) is 5.73 Å². The van der Waals surface area contributed by atoms with Crippen molar-refractivity contribution < 1.29 is 13.2 Å². The molecule has 0 atom stereocenters. The summed E-state index contributed by atoms with van der Waals surface area (Å²) in [5, 5.41) is 2.49. The molecule has 1 aliphatic rings. The fraction of sp³-hybridized carbons (Fsp3) is 0.222. The van der Waals surface area contributed by atoms with Gasteiger partial charge in [-0.25, -0.2) is 17.5 Å². The van der Waals surface area contributed by atoms with Crippen LogP contribution in [0.5, 0.6) is 0 Å². The van der Waals surface area contributed by atoms with Crippen molar-refractivity contribution >= 4 is 21.7 Å². The molecule has 1 aromatic rings. The van der Waals surface area contributed by atoms with E-state index >= 15 is 0 Å². The summed E-state index contributed by atoms with van der Waals surface area (Å²) in [6.45, 7) is 0.103. The second-order valence-electron chi connectivity index (χ2n) is 3.40. The molecule has 0 fully saturated rings. The topological polar surface area (TPSA) is 92.5 Å². The van der Waals surface area contributed by atoms with Gasteiger partial charge in [-0.15, -0.1) is 0 Å². The standard InChI is InChI=1S/C9H11N3O3S/c1-12-9(13)11-7-4-2-3-6(5-10)8(7)16(12,14)15/h2-4H,5,10H2,1H3,(H,11,13). The van der Waals surface area contributed by atoms with Gasteiger partial charge in [0.2, 0.25) is 0 Å². The Kier molecular flexibility index (Phi) is 2.36. The number of amides is 2. The molecule has 0 saturated carbocycles. The Hall–Kier alpha value is -1.60. The van der Waals surface area contributed by atoms with Gasteiger partial charge in [0, 0.05) is 13.6 Å². The molecule has 0 aliphatic carbocycles. The van der Waals surface area contributed by atoms with E-state index < -0.39 is 16.1 Å². The van der Waals surface area contributed by atoms with Gasteiger partial charge in [-0.3, -0.25) is 0 Å². The molecule has 2 rings (SSSR count). The van der Waals surface area contributed by atoms with Gasteiger partial charge >= 0.3 is 6.03 Å². The number of nitrogens with zero attached hydrogens (tertiary/aromatic N) is 1. The number of sulfonamides is 1. The van der Waals surface area contributed by atoms with E-state index in [1.165, 1.54) is 13.1 Å². The highest BCUT2D eigenvalue weighted by molar-refractivity contribution is 7.90. The highest BCUT2D eigenvalue weighted by Gasteiger charge is 2.35. The van der Waals surface area contributed by atoms with Crippen molar-refractivity contribution in [2.75, 3.05) is 12.4 Å². The Morgan fingerprint density at radius 3 is 2.75 bits per heavy atom. The molecule has 7 heteroatoms. The fourth-order valence-corrected chi connectivity index (χ4v) is 3.01.